The number of allylic oxidation sites excluding steroid dienone is 4. The van der Waals surface area contributed by atoms with Crippen LogP contribution in [0.3, 0.4) is 0 Å². The van der Waals surface area contributed by atoms with E-state index < -0.39 is 101 Å². The van der Waals surface area contributed by atoms with Gasteiger partial charge < -0.3 is 9.85 Å². The topological polar surface area (TPSA) is 80.7 Å². The fraction of sp³-hybridized carbons (Fsp3) is 0.731. The number of halogens is 3. The van der Waals surface area contributed by atoms with Crippen LogP contribution in [-0.4, -0.2) is 52.4 Å². The fourth-order valence-electron chi connectivity index (χ4n) is 7.56. The van der Waals surface area contributed by atoms with E-state index >= 15 is 8.78 Å². The summed E-state index contributed by atoms with van der Waals surface area (Å²) < 4.78 is 108. The molecule has 0 bridgehead atoms. The number of rotatable bonds is 5. The number of aliphatic hydroxyl groups excluding tert-OH is 1. The molecule has 0 aromatic rings. The van der Waals surface area contributed by atoms with Crippen molar-refractivity contribution in [2.24, 2.45) is 28.6 Å². The van der Waals surface area contributed by atoms with Crippen LogP contribution in [0.15, 0.2) is 23.8 Å². The van der Waals surface area contributed by atoms with E-state index in [2.05, 4.69) is 0 Å². The first-order valence-electron chi connectivity index (χ1n) is 14.9. The van der Waals surface area contributed by atoms with Crippen molar-refractivity contribution < 1.29 is 45.6 Å². The van der Waals surface area contributed by atoms with Gasteiger partial charge in [-0.2, -0.15) is 0 Å². The maximum Gasteiger partial charge on any atom is 0.306 e. The smallest absolute Gasteiger partial charge is 0.306 e. The molecule has 4 rings (SSSR count). The summed E-state index contributed by atoms with van der Waals surface area (Å²) in [4.78, 5) is 39.3. The molecule has 5 nitrogen and oxygen atoms in total. The Labute approximate surface area is 217 Å². The maximum atomic E-state index is 17.7. The first-order valence-corrected chi connectivity index (χ1v) is 12.3. The normalized spacial score (nSPS) is 51.9. The monoisotopic (exact) mass is 521 g/mol. The lowest BCUT2D eigenvalue weighted by Gasteiger charge is -2.63. The third kappa shape index (κ3) is 3.36. The second kappa shape index (κ2) is 8.47. The molecular weight excluding hydrogens is 481 g/mol. The predicted octanol–water partition coefficient (Wildman–Crippen LogP) is 4.82. The Morgan fingerprint density at radius 3 is 2.77 bits per heavy atom. The van der Waals surface area contributed by atoms with Crippen molar-refractivity contribution in [3.63, 3.8) is 0 Å². The van der Waals surface area contributed by atoms with Crippen molar-refractivity contribution >= 4 is 28.6 Å². The molecule has 0 spiro atoms. The van der Waals surface area contributed by atoms with Crippen molar-refractivity contribution in [1.29, 1.82) is 1.43 Å². The van der Waals surface area contributed by atoms with Crippen molar-refractivity contribution in [1.82, 2.24) is 0 Å². The number of fused-ring (bicyclic) bond motifs is 5. The largest absolute Gasteiger partial charge is 0.449 e. The van der Waals surface area contributed by atoms with Crippen LogP contribution in [0, 0.1) is 28.6 Å². The van der Waals surface area contributed by atoms with Crippen LogP contribution < -0.4 is 0 Å². The van der Waals surface area contributed by atoms with Crippen molar-refractivity contribution in [3.8, 4) is 0 Å². The summed E-state index contributed by atoms with van der Waals surface area (Å²) in [7, 11) is 0. The highest BCUT2D eigenvalue weighted by atomic mass is 32.2. The molecule has 2 unspecified atom stereocenters. The van der Waals surface area contributed by atoms with Gasteiger partial charge in [0.2, 0.25) is 6.55 Å². The van der Waals surface area contributed by atoms with Crippen molar-refractivity contribution in [3.05, 3.63) is 23.8 Å². The number of hydrogen-bond acceptors (Lipinski definition) is 6. The molecule has 35 heavy (non-hydrogen) atoms. The fourth-order valence-corrected chi connectivity index (χ4v) is 8.44. The number of esters is 1. The zero-order chi connectivity index (χ0) is 32.1. The molecule has 4 aliphatic carbocycles. The number of ether oxygens (including phenoxy) is 1. The summed E-state index contributed by atoms with van der Waals surface area (Å²) in [5.74, 6) is -5.87. The highest BCUT2D eigenvalue weighted by Crippen LogP contribution is 2.72. The van der Waals surface area contributed by atoms with Gasteiger partial charge in [-0.1, -0.05) is 26.8 Å². The molecule has 0 radical (unpaired) electrons. The Morgan fingerprint density at radius 1 is 1.43 bits per heavy atom. The molecule has 0 aromatic carbocycles. The van der Waals surface area contributed by atoms with E-state index in [0.717, 1.165) is 19.1 Å². The molecule has 4 aliphatic rings. The molecule has 0 heterocycles. The van der Waals surface area contributed by atoms with Gasteiger partial charge in [-0.3, -0.25) is 14.4 Å². The van der Waals surface area contributed by atoms with Gasteiger partial charge in [-0.05, 0) is 68.5 Å². The lowest BCUT2D eigenvalue weighted by atomic mass is 9.44. The molecule has 194 valence electrons. The lowest BCUT2D eigenvalue weighted by Crippen LogP contribution is -2.70. The van der Waals surface area contributed by atoms with Crippen LogP contribution in [0.25, 0.3) is 0 Å². The molecular formula is C26H33F3O5S. The Hall–Kier alpha value is -1.61. The lowest BCUT2D eigenvalue weighted by molar-refractivity contribution is -0.228. The Bertz CT molecular complexity index is 1260. The van der Waals surface area contributed by atoms with Gasteiger partial charge in [0.15, 0.2) is 17.1 Å². The van der Waals surface area contributed by atoms with Gasteiger partial charge in [0.05, 0.1) is 7.47 Å². The summed E-state index contributed by atoms with van der Waals surface area (Å²) in [6, 6.07) is 0. The zero-order valence-corrected chi connectivity index (χ0v) is 20.6. The summed E-state index contributed by atoms with van der Waals surface area (Å²) in [6.07, 6.45) is -4.90. The summed E-state index contributed by atoms with van der Waals surface area (Å²) >= 11 is -0.166. The molecule has 0 aromatic heterocycles. The van der Waals surface area contributed by atoms with Crippen LogP contribution in [0.5, 0.6) is 0 Å². The van der Waals surface area contributed by atoms with Gasteiger partial charge in [0, 0.05) is 35.9 Å². The summed E-state index contributed by atoms with van der Waals surface area (Å²) in [6.45, 7) is 1.42. The van der Waals surface area contributed by atoms with Gasteiger partial charge in [0.25, 0.3) is 0 Å². The summed E-state index contributed by atoms with van der Waals surface area (Å²) in [5.41, 5.74) is -11.6. The highest BCUT2D eigenvalue weighted by molar-refractivity contribution is 8.14. The predicted molar refractivity (Wildman–Crippen MR) is 125 cm³/mol. The molecule has 0 amide bonds. The van der Waals surface area contributed by atoms with E-state index in [1.165, 1.54) is 26.8 Å². The molecule has 0 aliphatic heterocycles. The number of carbonyl (C=O) groups excluding carboxylic acids is 3. The van der Waals surface area contributed by atoms with Crippen molar-refractivity contribution in [2.45, 2.75) is 89.2 Å². The van der Waals surface area contributed by atoms with Gasteiger partial charge in [0.1, 0.15) is 11.7 Å². The third-order valence-electron chi connectivity index (χ3n) is 9.04. The third-order valence-corrected chi connectivity index (χ3v) is 9.81. The SMILES string of the molecule is [2H]O[C@H]1C[C@@]2(C)[C@@H](C[C@@H](C)[C@]2(OC(=O)C([2H])([2H])C([2H])([2H])[2H])C(=O)SC([2H])(C)F)C2C[C@H](F)C3=CC(=O)C=C[C@]3(C)[C@]21F. The standard InChI is InChI=1S/C26H33F3O5S/c1-6-21(32)34-26(22(33)35-14(3)27)13(2)9-16-17-11-19(28)18-10-15(30)7-8-23(18,4)25(17,29)20(31)12-24(16,26)5/h7-8,10,13-14,16-17,19-20,31H,6,9,11-12H2,1-5H3/t13-,14?,16+,17?,19+,20+,23+,24+,25+,26+/m1/s1/i1D3,6D2,14D,31D. The first-order chi connectivity index (χ1) is 18.9. The first kappa shape index (κ1) is 18.6. The number of aliphatic hydroxyl groups is 1. The van der Waals surface area contributed by atoms with Gasteiger partial charge >= 0.3 is 5.97 Å². The second-order valence-electron chi connectivity index (χ2n) is 10.6. The van der Waals surface area contributed by atoms with Crippen molar-refractivity contribution in [2.75, 3.05) is 0 Å². The maximum absolute atomic E-state index is 17.7. The average Bonchev–Trinajstić information content (AvgIpc) is 3.06. The molecule has 0 saturated heterocycles. The van der Waals surface area contributed by atoms with E-state index in [1.54, 1.807) is 0 Å². The van der Waals surface area contributed by atoms with Gasteiger partial charge in [-0.15, -0.1) is 0 Å². The second-order valence-corrected chi connectivity index (χ2v) is 11.7. The van der Waals surface area contributed by atoms with Crippen LogP contribution in [0.2, 0.25) is 0 Å². The molecule has 10 atom stereocenters. The van der Waals surface area contributed by atoms with E-state index in [0.29, 0.717) is 0 Å². The number of alkyl halides is 3. The molecule has 9 heteroatoms. The number of thioether (sulfide) groups is 1. The van der Waals surface area contributed by atoms with Crippen LogP contribution >= 0.6 is 11.8 Å². The number of hydrogen-bond donors (Lipinski definition) is 1. The molecule has 1 N–H and O–H groups in total. The van der Waals surface area contributed by atoms with Crippen LogP contribution in [0.4, 0.5) is 13.2 Å². The summed E-state index contributed by atoms with van der Waals surface area (Å²) in [5, 5.41) is 3.69. The highest BCUT2D eigenvalue weighted by Gasteiger charge is 2.78. The zero-order valence-electron chi connectivity index (χ0n) is 26.8. The van der Waals surface area contributed by atoms with Crippen LogP contribution in [-0.2, 0) is 19.1 Å². The van der Waals surface area contributed by atoms with E-state index in [1.807, 2.05) is 0 Å². The van der Waals surface area contributed by atoms with E-state index in [4.69, 9.17) is 19.5 Å². The Kier molecular flexibility index (Phi) is 4.50. The van der Waals surface area contributed by atoms with Gasteiger partial charge in [-0.25, -0.2) is 13.2 Å². The minimum atomic E-state index is -3.61. The Morgan fingerprint density at radius 2 is 2.14 bits per heavy atom. The molecule has 3 fully saturated rings. The van der Waals surface area contributed by atoms with E-state index in [9.17, 15) is 18.8 Å². The van der Waals surface area contributed by atoms with E-state index in [-0.39, 0.29) is 23.8 Å². The van der Waals surface area contributed by atoms with Crippen LogP contribution in [0.1, 0.15) is 68.4 Å². The molecule has 3 saturated carbocycles. The Balaban J connectivity index is 1.92. The minimum absolute atomic E-state index is 0.112. The number of carbonyl (C=O) groups is 3. The quantitative estimate of drug-likeness (QED) is 0.523. The number of ketones is 1. The minimum Gasteiger partial charge on any atom is -0.449 e. The average molecular weight is 522 g/mol.